The van der Waals surface area contributed by atoms with Gasteiger partial charge in [-0.2, -0.15) is 5.26 Å². The SMILES string of the molecule is COc1cccc(-c2csc(/C(C#N)=C/Nc3ccc(S(=O)(=O)Nc4nccs4)cc3)n2)c1. The zero-order valence-electron chi connectivity index (χ0n) is 17.2. The Hall–Kier alpha value is -3.72. The minimum atomic E-state index is -3.72. The molecule has 0 radical (unpaired) electrons. The lowest BCUT2D eigenvalue weighted by atomic mass is 10.1. The second-order valence-corrected chi connectivity index (χ2v) is 9.99. The first-order chi connectivity index (χ1) is 16.0. The minimum absolute atomic E-state index is 0.107. The highest BCUT2D eigenvalue weighted by Gasteiger charge is 2.15. The van der Waals surface area contributed by atoms with E-state index in [9.17, 15) is 13.7 Å². The molecule has 33 heavy (non-hydrogen) atoms. The lowest BCUT2D eigenvalue weighted by Gasteiger charge is -2.06. The fraction of sp³-hybridized carbons (Fsp3) is 0.0455. The fourth-order valence-corrected chi connectivity index (χ4v) is 5.37. The van der Waals surface area contributed by atoms with Crippen molar-refractivity contribution in [3.63, 3.8) is 0 Å². The van der Waals surface area contributed by atoms with Crippen molar-refractivity contribution in [2.24, 2.45) is 0 Å². The molecule has 0 spiro atoms. The average Bonchev–Trinajstić information content (AvgIpc) is 3.52. The number of thiazole rings is 2. The molecule has 0 unspecified atom stereocenters. The number of nitriles is 1. The van der Waals surface area contributed by atoms with E-state index in [1.165, 1.54) is 41.0 Å². The number of nitrogens with zero attached hydrogens (tertiary/aromatic N) is 3. The van der Waals surface area contributed by atoms with Crippen LogP contribution in [-0.4, -0.2) is 25.5 Å². The molecule has 0 atom stereocenters. The highest BCUT2D eigenvalue weighted by molar-refractivity contribution is 7.93. The van der Waals surface area contributed by atoms with E-state index in [4.69, 9.17) is 4.74 Å². The number of nitrogens with one attached hydrogen (secondary N) is 2. The fourth-order valence-electron chi connectivity index (χ4n) is 2.79. The highest BCUT2D eigenvalue weighted by Crippen LogP contribution is 2.28. The van der Waals surface area contributed by atoms with Crippen LogP contribution in [0.15, 0.2) is 76.6 Å². The zero-order valence-corrected chi connectivity index (χ0v) is 19.7. The Balaban J connectivity index is 1.48. The molecule has 0 aliphatic rings. The van der Waals surface area contributed by atoms with Crippen molar-refractivity contribution in [1.29, 1.82) is 5.26 Å². The van der Waals surface area contributed by atoms with Gasteiger partial charge in [0.05, 0.1) is 17.7 Å². The van der Waals surface area contributed by atoms with Gasteiger partial charge in [-0.25, -0.2) is 18.4 Å². The van der Waals surface area contributed by atoms with Gasteiger partial charge in [-0.05, 0) is 36.4 Å². The maximum atomic E-state index is 12.4. The number of methoxy groups -OCH3 is 1. The normalized spacial score (nSPS) is 11.6. The molecule has 2 heterocycles. The number of hydrogen-bond acceptors (Lipinski definition) is 9. The Morgan fingerprint density at radius 3 is 2.70 bits per heavy atom. The van der Waals surface area contributed by atoms with Crippen molar-refractivity contribution in [2.75, 3.05) is 17.1 Å². The topological polar surface area (TPSA) is 117 Å². The Morgan fingerprint density at radius 2 is 2.00 bits per heavy atom. The summed E-state index contributed by atoms with van der Waals surface area (Å²) in [7, 11) is -2.12. The molecule has 0 bridgehead atoms. The monoisotopic (exact) mass is 495 g/mol. The second kappa shape index (κ2) is 9.83. The van der Waals surface area contributed by atoms with Crippen LogP contribution in [0.4, 0.5) is 10.8 Å². The van der Waals surface area contributed by atoms with Crippen molar-refractivity contribution in [3.05, 3.63) is 76.7 Å². The molecule has 8 nitrogen and oxygen atoms in total. The van der Waals surface area contributed by atoms with Crippen LogP contribution in [0.25, 0.3) is 16.8 Å². The predicted molar refractivity (Wildman–Crippen MR) is 131 cm³/mol. The van der Waals surface area contributed by atoms with Gasteiger partial charge in [-0.1, -0.05) is 12.1 Å². The quantitative estimate of drug-likeness (QED) is 0.328. The summed E-state index contributed by atoms with van der Waals surface area (Å²) in [4.78, 5) is 8.60. The van der Waals surface area contributed by atoms with Crippen LogP contribution >= 0.6 is 22.7 Å². The van der Waals surface area contributed by atoms with Crippen molar-refractivity contribution in [3.8, 4) is 23.1 Å². The Bertz CT molecular complexity index is 1420. The van der Waals surface area contributed by atoms with Crippen molar-refractivity contribution >= 4 is 49.1 Å². The predicted octanol–water partition coefficient (Wildman–Crippen LogP) is 5.05. The van der Waals surface area contributed by atoms with Gasteiger partial charge in [0.1, 0.15) is 22.4 Å². The van der Waals surface area contributed by atoms with Gasteiger partial charge < -0.3 is 10.1 Å². The van der Waals surface area contributed by atoms with E-state index in [0.29, 0.717) is 21.4 Å². The van der Waals surface area contributed by atoms with Crippen LogP contribution in [-0.2, 0) is 10.0 Å². The van der Waals surface area contributed by atoms with Gasteiger partial charge in [0.25, 0.3) is 10.0 Å². The molecule has 0 saturated heterocycles. The molecule has 0 aliphatic carbocycles. The molecule has 0 fully saturated rings. The number of sulfonamides is 1. The summed E-state index contributed by atoms with van der Waals surface area (Å²) >= 11 is 2.56. The molecule has 4 rings (SSSR count). The molecule has 2 aromatic heterocycles. The van der Waals surface area contributed by atoms with Crippen LogP contribution in [0.2, 0.25) is 0 Å². The molecule has 11 heteroatoms. The molecular formula is C22H17N5O3S3. The van der Waals surface area contributed by atoms with Gasteiger partial charge >= 0.3 is 0 Å². The average molecular weight is 496 g/mol. The van der Waals surface area contributed by atoms with Gasteiger partial charge in [0.15, 0.2) is 5.13 Å². The van der Waals surface area contributed by atoms with Gasteiger partial charge in [-0.3, -0.25) is 4.72 Å². The second-order valence-electron chi connectivity index (χ2n) is 6.55. The Labute approximate surface area is 198 Å². The van der Waals surface area contributed by atoms with Crippen molar-refractivity contribution in [1.82, 2.24) is 9.97 Å². The highest BCUT2D eigenvalue weighted by atomic mass is 32.2. The van der Waals surface area contributed by atoms with E-state index in [1.807, 2.05) is 29.6 Å². The van der Waals surface area contributed by atoms with E-state index < -0.39 is 10.0 Å². The van der Waals surface area contributed by atoms with Crippen LogP contribution in [0.1, 0.15) is 5.01 Å². The molecular weight excluding hydrogens is 478 g/mol. The number of rotatable bonds is 8. The zero-order chi connectivity index (χ0) is 23.3. The summed E-state index contributed by atoms with van der Waals surface area (Å²) in [5.41, 5.74) is 2.62. The Morgan fingerprint density at radius 1 is 1.18 bits per heavy atom. The summed E-state index contributed by atoms with van der Waals surface area (Å²) in [6.07, 6.45) is 3.07. The maximum absolute atomic E-state index is 12.4. The van der Waals surface area contributed by atoms with Crippen LogP contribution in [0.3, 0.4) is 0 Å². The molecule has 2 N–H and O–H groups in total. The number of benzene rings is 2. The number of ether oxygens (including phenoxy) is 1. The summed E-state index contributed by atoms with van der Waals surface area (Å²) in [5, 5.41) is 17.0. The first kappa shape index (κ1) is 22.5. The summed E-state index contributed by atoms with van der Waals surface area (Å²) in [5.74, 6) is 0.729. The third-order valence-corrected chi connectivity index (χ3v) is 7.47. The standard InChI is InChI=1S/C22H17N5O3S3/c1-30-18-4-2-3-15(11-18)20-14-32-21(26-20)16(12-23)13-25-17-5-7-19(8-6-17)33(28,29)27-22-24-9-10-31-22/h2-11,13-14,25H,1H3,(H,24,27)/b16-13+. The van der Waals surface area contributed by atoms with E-state index >= 15 is 0 Å². The first-order valence-corrected chi connectivity index (χ1v) is 12.7. The first-order valence-electron chi connectivity index (χ1n) is 9.48. The molecule has 166 valence electrons. The molecule has 4 aromatic rings. The largest absolute Gasteiger partial charge is 0.497 e. The number of allylic oxidation sites excluding steroid dienone is 1. The van der Waals surface area contributed by atoms with Gasteiger partial charge in [0.2, 0.25) is 0 Å². The molecule has 0 amide bonds. The van der Waals surface area contributed by atoms with Crippen molar-refractivity contribution in [2.45, 2.75) is 4.90 Å². The molecule has 2 aromatic carbocycles. The summed E-state index contributed by atoms with van der Waals surface area (Å²) in [6.45, 7) is 0. The number of aromatic nitrogens is 2. The smallest absolute Gasteiger partial charge is 0.263 e. The summed E-state index contributed by atoms with van der Waals surface area (Å²) in [6, 6.07) is 15.9. The van der Waals surface area contributed by atoms with E-state index in [1.54, 1.807) is 30.8 Å². The minimum Gasteiger partial charge on any atom is -0.497 e. The Kier molecular flexibility index (Phi) is 6.69. The lowest BCUT2D eigenvalue weighted by Crippen LogP contribution is -2.12. The summed E-state index contributed by atoms with van der Waals surface area (Å²) < 4.78 is 32.5. The van der Waals surface area contributed by atoms with E-state index in [0.717, 1.165) is 17.0 Å². The van der Waals surface area contributed by atoms with Gasteiger partial charge in [0, 0.05) is 34.4 Å². The molecule has 0 saturated carbocycles. The van der Waals surface area contributed by atoms with E-state index in [2.05, 4.69) is 26.1 Å². The third-order valence-electron chi connectivity index (χ3n) is 4.42. The van der Waals surface area contributed by atoms with Crippen molar-refractivity contribution < 1.29 is 13.2 Å². The van der Waals surface area contributed by atoms with Crippen LogP contribution < -0.4 is 14.8 Å². The van der Waals surface area contributed by atoms with Crippen LogP contribution in [0, 0.1) is 11.3 Å². The number of anilines is 2. The lowest BCUT2D eigenvalue weighted by molar-refractivity contribution is 0.415. The van der Waals surface area contributed by atoms with Crippen LogP contribution in [0.5, 0.6) is 5.75 Å². The molecule has 0 aliphatic heterocycles. The van der Waals surface area contributed by atoms with Gasteiger partial charge in [-0.15, -0.1) is 22.7 Å². The number of hydrogen-bond donors (Lipinski definition) is 2. The maximum Gasteiger partial charge on any atom is 0.263 e. The third kappa shape index (κ3) is 5.38. The van der Waals surface area contributed by atoms with E-state index in [-0.39, 0.29) is 4.90 Å².